The Hall–Kier alpha value is -3.39. The van der Waals surface area contributed by atoms with E-state index in [0.717, 1.165) is 25.1 Å². The number of ether oxygens (including phenoxy) is 1. The molecule has 0 spiro atoms. The van der Waals surface area contributed by atoms with Gasteiger partial charge in [0.25, 0.3) is 5.91 Å². The first-order valence-corrected chi connectivity index (χ1v) is 10.5. The molecule has 1 aromatic carbocycles. The molecular formula is C23H23FN4O3. The highest BCUT2D eigenvalue weighted by Gasteiger charge is 2.29. The predicted molar refractivity (Wildman–Crippen MR) is 115 cm³/mol. The summed E-state index contributed by atoms with van der Waals surface area (Å²) >= 11 is 0. The minimum Gasteiger partial charge on any atom is -0.511 e. The molecule has 2 aromatic heterocycles. The molecule has 2 aliphatic rings. The number of carbonyl (C=O) groups is 1. The normalized spacial score (nSPS) is 18.3. The molecule has 1 unspecified atom stereocenters. The highest BCUT2D eigenvalue weighted by atomic mass is 19.1. The van der Waals surface area contributed by atoms with Gasteiger partial charge in [-0.2, -0.15) is 0 Å². The number of hydrogen-bond donors (Lipinski definition) is 3. The number of fused-ring (bicyclic) bond motifs is 3. The SMILES string of the molecule is O=C(Nc1ccc(OCC2CCCN2)c(F)c1)C1=C(O)CCc2c1nc1ccccn21. The van der Waals surface area contributed by atoms with Crippen LogP contribution in [0.1, 0.15) is 30.7 Å². The van der Waals surface area contributed by atoms with Gasteiger partial charge >= 0.3 is 0 Å². The Morgan fingerprint density at radius 2 is 2.23 bits per heavy atom. The molecule has 1 saturated heterocycles. The van der Waals surface area contributed by atoms with Crippen molar-refractivity contribution < 1.29 is 19.0 Å². The molecule has 1 atom stereocenters. The van der Waals surface area contributed by atoms with Crippen molar-refractivity contribution >= 4 is 22.8 Å². The smallest absolute Gasteiger partial charge is 0.261 e. The van der Waals surface area contributed by atoms with Crippen molar-refractivity contribution in [1.29, 1.82) is 0 Å². The lowest BCUT2D eigenvalue weighted by Crippen LogP contribution is -2.28. The number of pyridine rings is 1. The number of allylic oxidation sites excluding steroid dienone is 1. The topological polar surface area (TPSA) is 87.9 Å². The number of carbonyl (C=O) groups excluding carboxylic acids is 1. The van der Waals surface area contributed by atoms with Gasteiger partial charge in [-0.25, -0.2) is 9.37 Å². The Balaban J connectivity index is 1.34. The monoisotopic (exact) mass is 422 g/mol. The number of aryl methyl sites for hydroxylation is 1. The molecule has 0 saturated carbocycles. The van der Waals surface area contributed by atoms with Crippen LogP contribution in [0.2, 0.25) is 0 Å². The fourth-order valence-electron chi connectivity index (χ4n) is 4.20. The first kappa shape index (κ1) is 19.6. The number of amides is 1. The van der Waals surface area contributed by atoms with E-state index >= 15 is 0 Å². The van der Waals surface area contributed by atoms with Crippen LogP contribution >= 0.6 is 0 Å². The molecule has 3 N–H and O–H groups in total. The number of aliphatic hydroxyl groups excluding tert-OH is 1. The van der Waals surface area contributed by atoms with Crippen molar-refractivity contribution in [3.05, 3.63) is 65.6 Å². The van der Waals surface area contributed by atoms with E-state index in [9.17, 15) is 14.3 Å². The van der Waals surface area contributed by atoms with E-state index < -0.39 is 11.7 Å². The van der Waals surface area contributed by atoms with Gasteiger partial charge in [0, 0.05) is 30.4 Å². The number of benzene rings is 1. The molecule has 3 aromatic rings. The maximum Gasteiger partial charge on any atom is 0.261 e. The van der Waals surface area contributed by atoms with Crippen LogP contribution in [-0.4, -0.2) is 39.6 Å². The summed E-state index contributed by atoms with van der Waals surface area (Å²) in [5, 5.41) is 16.4. The molecule has 31 heavy (non-hydrogen) atoms. The standard InChI is InChI=1S/C23H23FN4O3/c24-16-12-14(6-9-19(16)31-13-15-4-3-10-25-15)26-23(30)21-18(29)8-7-17-22(21)27-20-5-1-2-11-28(17)20/h1-2,5-6,9,11-12,15,25,29H,3-4,7-8,10,13H2,(H,26,30). The maximum atomic E-state index is 14.5. The van der Waals surface area contributed by atoms with Crippen molar-refractivity contribution in [1.82, 2.24) is 14.7 Å². The van der Waals surface area contributed by atoms with Gasteiger partial charge < -0.3 is 24.9 Å². The first-order chi connectivity index (χ1) is 15.1. The van der Waals surface area contributed by atoms with E-state index in [2.05, 4.69) is 15.6 Å². The summed E-state index contributed by atoms with van der Waals surface area (Å²) in [6.45, 7) is 1.36. The largest absolute Gasteiger partial charge is 0.511 e. The predicted octanol–water partition coefficient (Wildman–Crippen LogP) is 3.46. The summed E-state index contributed by atoms with van der Waals surface area (Å²) < 4.78 is 22.0. The molecule has 0 bridgehead atoms. The lowest BCUT2D eigenvalue weighted by atomic mass is 9.97. The van der Waals surface area contributed by atoms with Gasteiger partial charge in [-0.3, -0.25) is 4.79 Å². The van der Waals surface area contributed by atoms with Crippen LogP contribution in [0, 0.1) is 5.82 Å². The van der Waals surface area contributed by atoms with Crippen LogP contribution in [0.25, 0.3) is 11.2 Å². The fraction of sp³-hybridized carbons (Fsp3) is 0.304. The number of aromatic nitrogens is 2. The van der Waals surface area contributed by atoms with Gasteiger partial charge in [-0.15, -0.1) is 0 Å². The van der Waals surface area contributed by atoms with Crippen LogP contribution < -0.4 is 15.4 Å². The minimum absolute atomic E-state index is 0.0158. The zero-order chi connectivity index (χ0) is 21.4. The van der Waals surface area contributed by atoms with Crippen LogP contribution in [0.5, 0.6) is 5.75 Å². The molecule has 5 rings (SSSR count). The van der Waals surface area contributed by atoms with Crippen LogP contribution in [0.4, 0.5) is 10.1 Å². The Morgan fingerprint density at radius 3 is 3.03 bits per heavy atom. The number of rotatable bonds is 5. The third-order valence-corrected chi connectivity index (χ3v) is 5.77. The summed E-state index contributed by atoms with van der Waals surface area (Å²) in [6, 6.07) is 10.2. The van der Waals surface area contributed by atoms with Crippen LogP contribution in [0.15, 0.2) is 48.4 Å². The van der Waals surface area contributed by atoms with E-state index in [4.69, 9.17) is 4.74 Å². The number of halogens is 1. The Kier molecular flexibility index (Phi) is 5.07. The molecular weight excluding hydrogens is 399 g/mol. The van der Waals surface area contributed by atoms with Gasteiger partial charge in [0.1, 0.15) is 29.3 Å². The van der Waals surface area contributed by atoms with E-state index in [1.165, 1.54) is 12.1 Å². The van der Waals surface area contributed by atoms with Gasteiger partial charge in [0.05, 0.1) is 5.69 Å². The molecule has 1 aliphatic heterocycles. The number of hydrogen-bond acceptors (Lipinski definition) is 5. The second-order valence-electron chi connectivity index (χ2n) is 7.86. The maximum absolute atomic E-state index is 14.5. The number of anilines is 1. The van der Waals surface area contributed by atoms with Crippen LogP contribution in [0.3, 0.4) is 0 Å². The summed E-state index contributed by atoms with van der Waals surface area (Å²) in [6.07, 6.45) is 4.92. The highest BCUT2D eigenvalue weighted by Crippen LogP contribution is 2.32. The average molecular weight is 422 g/mol. The second kappa shape index (κ2) is 8.03. The lowest BCUT2D eigenvalue weighted by molar-refractivity contribution is -0.111. The Bertz CT molecular complexity index is 1180. The molecule has 160 valence electrons. The number of imidazole rings is 1. The minimum atomic E-state index is -0.550. The van der Waals surface area contributed by atoms with Crippen molar-refractivity contribution in [2.24, 2.45) is 0 Å². The van der Waals surface area contributed by atoms with Crippen molar-refractivity contribution in [2.75, 3.05) is 18.5 Å². The van der Waals surface area contributed by atoms with Gasteiger partial charge in [-0.05, 0) is 50.1 Å². The van der Waals surface area contributed by atoms with Gasteiger partial charge in [0.15, 0.2) is 11.6 Å². The summed E-state index contributed by atoms with van der Waals surface area (Å²) in [7, 11) is 0. The summed E-state index contributed by atoms with van der Waals surface area (Å²) in [4.78, 5) is 17.5. The highest BCUT2D eigenvalue weighted by molar-refractivity contribution is 6.26. The number of nitrogens with one attached hydrogen (secondary N) is 2. The quantitative estimate of drug-likeness (QED) is 0.586. The third-order valence-electron chi connectivity index (χ3n) is 5.77. The van der Waals surface area contributed by atoms with Gasteiger partial charge in [0.2, 0.25) is 0 Å². The zero-order valence-corrected chi connectivity index (χ0v) is 16.9. The third kappa shape index (κ3) is 3.74. The van der Waals surface area contributed by atoms with Crippen molar-refractivity contribution in [3.63, 3.8) is 0 Å². The Labute approximate surface area is 178 Å². The molecule has 1 amide bonds. The summed E-state index contributed by atoms with van der Waals surface area (Å²) in [5.41, 5.74) is 2.44. The van der Waals surface area contributed by atoms with Crippen molar-refractivity contribution in [2.45, 2.75) is 31.7 Å². The molecule has 7 nitrogen and oxygen atoms in total. The summed E-state index contributed by atoms with van der Waals surface area (Å²) in [5.74, 6) is -0.942. The van der Waals surface area contributed by atoms with E-state index in [0.29, 0.717) is 30.8 Å². The fourth-order valence-corrected chi connectivity index (χ4v) is 4.20. The second-order valence-corrected chi connectivity index (χ2v) is 7.86. The molecule has 3 heterocycles. The Morgan fingerprint density at radius 1 is 1.32 bits per heavy atom. The first-order valence-electron chi connectivity index (χ1n) is 10.5. The number of aliphatic hydroxyl groups is 1. The molecule has 1 aliphatic carbocycles. The molecule has 0 radical (unpaired) electrons. The van der Waals surface area contributed by atoms with Gasteiger partial charge in [-0.1, -0.05) is 6.07 Å². The number of nitrogens with zero attached hydrogens (tertiary/aromatic N) is 2. The van der Waals surface area contributed by atoms with E-state index in [-0.39, 0.29) is 28.8 Å². The van der Waals surface area contributed by atoms with Crippen molar-refractivity contribution in [3.8, 4) is 5.75 Å². The molecule has 8 heteroatoms. The lowest BCUT2D eigenvalue weighted by Gasteiger charge is -2.17. The zero-order valence-electron chi connectivity index (χ0n) is 16.9. The average Bonchev–Trinajstić information content (AvgIpc) is 3.40. The van der Waals surface area contributed by atoms with E-state index in [1.807, 2.05) is 28.8 Å². The van der Waals surface area contributed by atoms with Crippen LogP contribution in [-0.2, 0) is 11.2 Å². The van der Waals surface area contributed by atoms with E-state index in [1.54, 1.807) is 6.07 Å². The molecule has 1 fully saturated rings.